The van der Waals surface area contributed by atoms with Gasteiger partial charge in [0.25, 0.3) is 0 Å². The molecule has 2 aromatic heterocycles. The molecular weight excluding hydrogens is 310 g/mol. The van der Waals surface area contributed by atoms with Crippen LogP contribution in [0.3, 0.4) is 0 Å². The van der Waals surface area contributed by atoms with Crippen molar-refractivity contribution in [2.75, 3.05) is 0 Å². The second-order valence-electron chi connectivity index (χ2n) is 6.00. The van der Waals surface area contributed by atoms with Gasteiger partial charge in [-0.3, -0.25) is 0 Å². The molecule has 0 aliphatic rings. The lowest BCUT2D eigenvalue weighted by Gasteiger charge is -2.08. The Morgan fingerprint density at radius 1 is 0.760 bits per heavy atom. The molecule has 0 unspecified atom stereocenters. The molecule has 122 valence electrons. The first-order valence-corrected chi connectivity index (χ1v) is 8.12. The number of aromatic nitrogens is 3. The average Bonchev–Trinajstić information content (AvgIpc) is 2.64. The van der Waals surface area contributed by atoms with Gasteiger partial charge in [-0.25, -0.2) is 15.0 Å². The van der Waals surface area contributed by atoms with E-state index in [-0.39, 0.29) is 0 Å². The quantitative estimate of drug-likeness (QED) is 0.525. The van der Waals surface area contributed by atoms with Crippen molar-refractivity contribution in [3.63, 3.8) is 0 Å². The molecule has 4 aromatic rings. The molecule has 25 heavy (non-hydrogen) atoms. The van der Waals surface area contributed by atoms with Crippen LogP contribution in [0.1, 0.15) is 11.3 Å². The van der Waals surface area contributed by atoms with E-state index in [4.69, 9.17) is 4.74 Å². The summed E-state index contributed by atoms with van der Waals surface area (Å²) in [7, 11) is 0. The number of para-hydroxylation sites is 1. The van der Waals surface area contributed by atoms with Crippen molar-refractivity contribution in [2.45, 2.75) is 13.8 Å². The van der Waals surface area contributed by atoms with E-state index in [0.717, 1.165) is 27.7 Å². The summed E-state index contributed by atoms with van der Waals surface area (Å²) in [6.45, 7) is 4.03. The molecular formula is C21H17N3O. The summed E-state index contributed by atoms with van der Waals surface area (Å²) in [4.78, 5) is 13.2. The Hall–Kier alpha value is -3.27. The minimum absolute atomic E-state index is 0.312. The van der Waals surface area contributed by atoms with Crippen LogP contribution in [0.5, 0.6) is 11.8 Å². The third kappa shape index (κ3) is 3.19. The molecule has 2 aromatic carbocycles. The third-order valence-electron chi connectivity index (χ3n) is 4.04. The fourth-order valence-corrected chi connectivity index (χ4v) is 2.66. The van der Waals surface area contributed by atoms with Gasteiger partial charge in [0.15, 0.2) is 5.75 Å². The van der Waals surface area contributed by atoms with E-state index in [1.165, 1.54) is 5.56 Å². The highest BCUT2D eigenvalue weighted by atomic mass is 16.5. The van der Waals surface area contributed by atoms with Gasteiger partial charge in [0.2, 0.25) is 0 Å². The number of hydrogen-bond donors (Lipinski definition) is 0. The summed E-state index contributed by atoms with van der Waals surface area (Å²) < 4.78 is 5.87. The fourth-order valence-electron chi connectivity index (χ4n) is 2.66. The summed E-state index contributed by atoms with van der Waals surface area (Å²) in [6.07, 6.45) is 3.55. The number of pyridine rings is 1. The van der Waals surface area contributed by atoms with Crippen LogP contribution in [0.15, 0.2) is 67.0 Å². The smallest absolute Gasteiger partial charge is 0.321 e. The lowest BCUT2D eigenvalue weighted by atomic mass is 10.1. The number of fused-ring (bicyclic) bond motifs is 1. The highest BCUT2D eigenvalue weighted by Gasteiger charge is 2.07. The second kappa shape index (κ2) is 6.32. The molecule has 4 heteroatoms. The van der Waals surface area contributed by atoms with Crippen molar-refractivity contribution in [1.82, 2.24) is 15.0 Å². The van der Waals surface area contributed by atoms with Gasteiger partial charge < -0.3 is 4.74 Å². The molecule has 0 amide bonds. The van der Waals surface area contributed by atoms with Gasteiger partial charge in [-0.15, -0.1) is 0 Å². The van der Waals surface area contributed by atoms with Gasteiger partial charge >= 0.3 is 6.01 Å². The minimum atomic E-state index is 0.312. The first-order chi connectivity index (χ1) is 12.2. The van der Waals surface area contributed by atoms with Crippen LogP contribution in [0.2, 0.25) is 0 Å². The first kappa shape index (κ1) is 15.3. The highest BCUT2D eigenvalue weighted by Crippen LogP contribution is 2.27. The Labute approximate surface area is 146 Å². The van der Waals surface area contributed by atoms with E-state index < -0.39 is 0 Å². The molecule has 0 saturated carbocycles. The monoisotopic (exact) mass is 327 g/mol. The zero-order chi connectivity index (χ0) is 17.2. The summed E-state index contributed by atoms with van der Waals surface area (Å²) in [5, 5.41) is 1.03. The molecule has 0 fully saturated rings. The fraction of sp³-hybridized carbons (Fsp3) is 0.0952. The van der Waals surface area contributed by atoms with Gasteiger partial charge in [-0.1, -0.05) is 48.0 Å². The van der Waals surface area contributed by atoms with Crippen LogP contribution >= 0.6 is 0 Å². The standard InChI is InChI=1S/C21H17N3O/c1-14-6-9-16(10-7-14)18-12-22-21(23-13-18)25-19-5-3-4-17-11-8-15(2)24-20(17)19/h3-13H,1-2H3. The van der Waals surface area contributed by atoms with E-state index in [2.05, 4.69) is 46.1 Å². The summed E-state index contributed by atoms with van der Waals surface area (Å²) >= 11 is 0. The minimum Gasteiger partial charge on any atom is -0.422 e. The van der Waals surface area contributed by atoms with E-state index in [1.807, 2.05) is 37.3 Å². The topological polar surface area (TPSA) is 47.9 Å². The lowest BCUT2D eigenvalue weighted by molar-refractivity contribution is 0.446. The largest absolute Gasteiger partial charge is 0.422 e. The molecule has 0 spiro atoms. The van der Waals surface area contributed by atoms with Crippen molar-refractivity contribution in [1.29, 1.82) is 0 Å². The van der Waals surface area contributed by atoms with Crippen LogP contribution in [-0.4, -0.2) is 15.0 Å². The Morgan fingerprint density at radius 2 is 1.52 bits per heavy atom. The maximum absolute atomic E-state index is 5.87. The molecule has 0 aliphatic carbocycles. The molecule has 0 atom stereocenters. The van der Waals surface area contributed by atoms with Crippen LogP contribution in [0.4, 0.5) is 0 Å². The predicted octanol–water partition coefficient (Wildman–Crippen LogP) is 5.10. The SMILES string of the molecule is Cc1ccc(-c2cnc(Oc3cccc4ccc(C)nc34)nc2)cc1. The van der Waals surface area contributed by atoms with E-state index in [1.54, 1.807) is 12.4 Å². The molecule has 2 heterocycles. The summed E-state index contributed by atoms with van der Waals surface area (Å²) in [5.41, 5.74) is 5.02. The van der Waals surface area contributed by atoms with E-state index >= 15 is 0 Å². The van der Waals surface area contributed by atoms with Gasteiger partial charge in [0.1, 0.15) is 5.52 Å². The van der Waals surface area contributed by atoms with Crippen molar-refractivity contribution < 1.29 is 4.74 Å². The molecule has 4 nitrogen and oxygen atoms in total. The molecule has 4 rings (SSSR count). The second-order valence-corrected chi connectivity index (χ2v) is 6.00. The molecule has 0 bridgehead atoms. The van der Waals surface area contributed by atoms with Crippen molar-refractivity contribution in [3.05, 3.63) is 78.2 Å². The molecule has 0 saturated heterocycles. The van der Waals surface area contributed by atoms with Crippen LogP contribution in [0.25, 0.3) is 22.0 Å². The number of benzene rings is 2. The average molecular weight is 327 g/mol. The van der Waals surface area contributed by atoms with E-state index in [0.29, 0.717) is 11.8 Å². The maximum atomic E-state index is 5.87. The zero-order valence-electron chi connectivity index (χ0n) is 14.1. The number of rotatable bonds is 3. The van der Waals surface area contributed by atoms with Crippen molar-refractivity contribution >= 4 is 10.9 Å². The number of nitrogens with zero attached hydrogens (tertiary/aromatic N) is 3. The molecule has 0 radical (unpaired) electrons. The number of ether oxygens (including phenoxy) is 1. The maximum Gasteiger partial charge on any atom is 0.321 e. The number of aryl methyl sites for hydroxylation is 2. The first-order valence-electron chi connectivity index (χ1n) is 8.12. The van der Waals surface area contributed by atoms with Crippen molar-refractivity contribution in [2.24, 2.45) is 0 Å². The normalized spacial score (nSPS) is 10.8. The van der Waals surface area contributed by atoms with Crippen LogP contribution in [-0.2, 0) is 0 Å². The summed E-state index contributed by atoms with van der Waals surface area (Å²) in [6, 6.07) is 18.4. The molecule has 0 aliphatic heterocycles. The Morgan fingerprint density at radius 3 is 2.28 bits per heavy atom. The predicted molar refractivity (Wildman–Crippen MR) is 98.8 cm³/mol. The van der Waals surface area contributed by atoms with Gasteiger partial charge in [-0.2, -0.15) is 0 Å². The Bertz CT molecular complexity index is 1030. The Kier molecular flexibility index (Phi) is 3.86. The van der Waals surface area contributed by atoms with Gasteiger partial charge in [-0.05, 0) is 31.5 Å². The van der Waals surface area contributed by atoms with Crippen LogP contribution < -0.4 is 4.74 Å². The van der Waals surface area contributed by atoms with Gasteiger partial charge in [0, 0.05) is 29.0 Å². The highest BCUT2D eigenvalue weighted by molar-refractivity contribution is 5.84. The van der Waals surface area contributed by atoms with Crippen LogP contribution in [0, 0.1) is 13.8 Å². The lowest BCUT2D eigenvalue weighted by Crippen LogP contribution is -1.94. The van der Waals surface area contributed by atoms with E-state index in [9.17, 15) is 0 Å². The van der Waals surface area contributed by atoms with Gasteiger partial charge in [0.05, 0.1) is 0 Å². The van der Waals surface area contributed by atoms with Crippen molar-refractivity contribution in [3.8, 4) is 22.9 Å². The Balaban J connectivity index is 1.63. The number of hydrogen-bond acceptors (Lipinski definition) is 4. The molecule has 0 N–H and O–H groups in total. The zero-order valence-corrected chi connectivity index (χ0v) is 14.1. The summed E-state index contributed by atoms with van der Waals surface area (Å²) in [5.74, 6) is 0.657. The third-order valence-corrected chi connectivity index (χ3v) is 4.04.